The molecule has 1 aliphatic rings. The number of nitrogens with zero attached hydrogens (tertiary/aromatic N) is 1. The first-order valence-electron chi connectivity index (χ1n) is 5.82. The number of nitrogens with one attached hydrogen (secondary N) is 1. The molecule has 7 heteroatoms. The van der Waals surface area contributed by atoms with Gasteiger partial charge in [-0.1, -0.05) is 11.6 Å². The molecule has 1 unspecified atom stereocenters. The Kier molecular flexibility index (Phi) is 4.21. The van der Waals surface area contributed by atoms with Crippen LogP contribution < -0.4 is 5.32 Å². The predicted molar refractivity (Wildman–Crippen MR) is 67.2 cm³/mol. The summed E-state index contributed by atoms with van der Waals surface area (Å²) in [4.78, 5) is 13.3. The SMILES string of the molecule is O=C(Nc1c(F)cc(F)cc1Cl)N1CCC(CO)C1. The minimum atomic E-state index is -0.920. The van der Waals surface area contributed by atoms with Gasteiger partial charge in [-0.25, -0.2) is 13.6 Å². The Hall–Kier alpha value is -1.40. The molecule has 1 aromatic carbocycles. The summed E-state index contributed by atoms with van der Waals surface area (Å²) in [6.45, 7) is 0.899. The number of urea groups is 1. The van der Waals surface area contributed by atoms with Crippen molar-refractivity contribution < 1.29 is 18.7 Å². The monoisotopic (exact) mass is 290 g/mol. The normalized spacial score (nSPS) is 18.7. The first kappa shape index (κ1) is 14.0. The van der Waals surface area contributed by atoms with E-state index in [9.17, 15) is 13.6 Å². The standard InChI is InChI=1S/C12H13ClF2N2O2/c13-9-3-8(14)4-10(15)11(9)16-12(19)17-2-1-7(5-17)6-18/h3-4,7,18H,1-2,5-6H2,(H,16,19). The second-order valence-corrected chi connectivity index (χ2v) is 4.87. The number of rotatable bonds is 2. The van der Waals surface area contributed by atoms with Crippen molar-refractivity contribution in [2.75, 3.05) is 25.0 Å². The molecule has 1 fully saturated rings. The van der Waals surface area contributed by atoms with Crippen molar-refractivity contribution in [3.8, 4) is 0 Å². The van der Waals surface area contributed by atoms with E-state index < -0.39 is 17.7 Å². The van der Waals surface area contributed by atoms with Crippen LogP contribution in [-0.4, -0.2) is 35.7 Å². The maximum atomic E-state index is 13.5. The van der Waals surface area contributed by atoms with Gasteiger partial charge in [-0.15, -0.1) is 0 Å². The Morgan fingerprint density at radius 1 is 1.53 bits per heavy atom. The fourth-order valence-corrected chi connectivity index (χ4v) is 2.26. The molecular formula is C12H13ClF2N2O2. The van der Waals surface area contributed by atoms with Crippen LogP contribution in [0.3, 0.4) is 0 Å². The van der Waals surface area contributed by atoms with Gasteiger partial charge in [-0.2, -0.15) is 0 Å². The lowest BCUT2D eigenvalue weighted by Gasteiger charge is -2.18. The molecule has 2 amide bonds. The smallest absolute Gasteiger partial charge is 0.321 e. The third kappa shape index (κ3) is 3.13. The number of aliphatic hydroxyl groups excluding tert-OH is 1. The van der Waals surface area contributed by atoms with Crippen molar-refractivity contribution in [2.45, 2.75) is 6.42 Å². The van der Waals surface area contributed by atoms with E-state index in [1.54, 1.807) is 0 Å². The Morgan fingerprint density at radius 3 is 2.84 bits per heavy atom. The highest BCUT2D eigenvalue weighted by atomic mass is 35.5. The fourth-order valence-electron chi connectivity index (χ4n) is 2.01. The van der Waals surface area contributed by atoms with E-state index in [-0.39, 0.29) is 23.2 Å². The minimum Gasteiger partial charge on any atom is -0.396 e. The van der Waals surface area contributed by atoms with Crippen LogP contribution >= 0.6 is 11.6 Å². The Bertz CT molecular complexity index is 476. The summed E-state index contributed by atoms with van der Waals surface area (Å²) in [5.74, 6) is -1.68. The molecule has 0 bridgehead atoms. The van der Waals surface area contributed by atoms with Crippen LogP contribution in [0.4, 0.5) is 19.3 Å². The lowest BCUT2D eigenvalue weighted by Crippen LogP contribution is -2.33. The molecule has 1 saturated heterocycles. The fraction of sp³-hybridized carbons (Fsp3) is 0.417. The second kappa shape index (κ2) is 5.71. The highest BCUT2D eigenvalue weighted by Crippen LogP contribution is 2.27. The van der Waals surface area contributed by atoms with Crippen LogP contribution in [0.2, 0.25) is 5.02 Å². The quantitative estimate of drug-likeness (QED) is 0.879. The first-order chi connectivity index (χ1) is 9.01. The van der Waals surface area contributed by atoms with Gasteiger partial charge in [0.15, 0.2) is 5.82 Å². The topological polar surface area (TPSA) is 52.6 Å². The zero-order chi connectivity index (χ0) is 14.0. The molecule has 19 heavy (non-hydrogen) atoms. The summed E-state index contributed by atoms with van der Waals surface area (Å²) in [5.41, 5.74) is -0.236. The lowest BCUT2D eigenvalue weighted by atomic mass is 10.1. The highest BCUT2D eigenvalue weighted by molar-refractivity contribution is 6.33. The summed E-state index contributed by atoms with van der Waals surface area (Å²) in [6, 6.07) is 1.08. The zero-order valence-corrected chi connectivity index (χ0v) is 10.8. The minimum absolute atomic E-state index is 0.00937. The average molecular weight is 291 g/mol. The molecule has 1 atom stereocenters. The molecule has 1 aliphatic heterocycles. The van der Waals surface area contributed by atoms with Gasteiger partial charge in [-0.05, 0) is 12.5 Å². The van der Waals surface area contributed by atoms with Crippen molar-refractivity contribution in [3.63, 3.8) is 0 Å². The lowest BCUT2D eigenvalue weighted by molar-refractivity contribution is 0.208. The van der Waals surface area contributed by atoms with Gasteiger partial charge in [0, 0.05) is 31.7 Å². The van der Waals surface area contributed by atoms with Crippen LogP contribution in [0, 0.1) is 17.6 Å². The largest absolute Gasteiger partial charge is 0.396 e. The third-order valence-electron chi connectivity index (χ3n) is 3.07. The van der Waals surface area contributed by atoms with E-state index in [1.165, 1.54) is 4.90 Å². The summed E-state index contributed by atoms with van der Waals surface area (Å²) in [6.07, 6.45) is 0.698. The zero-order valence-electron chi connectivity index (χ0n) is 10.00. The van der Waals surface area contributed by atoms with Crippen LogP contribution in [0.5, 0.6) is 0 Å². The predicted octanol–water partition coefficient (Wildman–Crippen LogP) is 2.46. The summed E-state index contributed by atoms with van der Waals surface area (Å²) in [5, 5.41) is 11.1. The molecule has 1 aromatic rings. The van der Waals surface area contributed by atoms with E-state index >= 15 is 0 Å². The number of halogens is 3. The number of hydrogen-bond acceptors (Lipinski definition) is 2. The molecule has 2 rings (SSSR count). The van der Waals surface area contributed by atoms with Gasteiger partial charge in [0.2, 0.25) is 0 Å². The van der Waals surface area contributed by atoms with E-state index in [4.69, 9.17) is 16.7 Å². The van der Waals surface area contributed by atoms with Crippen LogP contribution in [0.25, 0.3) is 0 Å². The average Bonchev–Trinajstić information content (AvgIpc) is 2.82. The van der Waals surface area contributed by atoms with Gasteiger partial charge < -0.3 is 15.3 Å². The van der Waals surface area contributed by atoms with Gasteiger partial charge in [0.25, 0.3) is 0 Å². The van der Waals surface area contributed by atoms with E-state index in [0.29, 0.717) is 25.6 Å². The van der Waals surface area contributed by atoms with E-state index in [0.717, 1.165) is 6.07 Å². The van der Waals surface area contributed by atoms with Gasteiger partial charge in [0.1, 0.15) is 5.82 Å². The number of amides is 2. The molecular weight excluding hydrogens is 278 g/mol. The first-order valence-corrected chi connectivity index (χ1v) is 6.20. The summed E-state index contributed by atoms with van der Waals surface area (Å²) in [7, 11) is 0. The maximum Gasteiger partial charge on any atom is 0.321 e. The van der Waals surface area contributed by atoms with Crippen LogP contribution in [0.1, 0.15) is 6.42 Å². The molecule has 0 spiro atoms. The molecule has 2 N–H and O–H groups in total. The number of likely N-dealkylation sites (tertiary alicyclic amines) is 1. The van der Waals surface area contributed by atoms with Gasteiger partial charge >= 0.3 is 6.03 Å². The molecule has 0 aromatic heterocycles. The van der Waals surface area contributed by atoms with Crippen molar-refractivity contribution in [1.82, 2.24) is 4.90 Å². The molecule has 4 nitrogen and oxygen atoms in total. The number of carbonyl (C=O) groups excluding carboxylic acids is 1. The van der Waals surface area contributed by atoms with Crippen LogP contribution in [0.15, 0.2) is 12.1 Å². The molecule has 0 radical (unpaired) electrons. The third-order valence-corrected chi connectivity index (χ3v) is 3.37. The molecule has 0 aliphatic carbocycles. The Morgan fingerprint density at radius 2 is 2.26 bits per heavy atom. The van der Waals surface area contributed by atoms with E-state index in [2.05, 4.69) is 5.32 Å². The van der Waals surface area contributed by atoms with Crippen molar-refractivity contribution in [1.29, 1.82) is 0 Å². The second-order valence-electron chi connectivity index (χ2n) is 4.46. The molecule has 104 valence electrons. The van der Waals surface area contributed by atoms with E-state index in [1.807, 2.05) is 0 Å². The maximum absolute atomic E-state index is 13.5. The highest BCUT2D eigenvalue weighted by Gasteiger charge is 2.26. The molecule has 1 heterocycles. The number of aliphatic hydroxyl groups is 1. The van der Waals surface area contributed by atoms with Gasteiger partial charge in [-0.3, -0.25) is 0 Å². The number of carbonyl (C=O) groups is 1. The van der Waals surface area contributed by atoms with Crippen molar-refractivity contribution >= 4 is 23.3 Å². The van der Waals surface area contributed by atoms with Crippen molar-refractivity contribution in [2.24, 2.45) is 5.92 Å². The number of anilines is 1. The Labute approximate surface area is 114 Å². The van der Waals surface area contributed by atoms with Crippen molar-refractivity contribution in [3.05, 3.63) is 28.8 Å². The summed E-state index contributed by atoms with van der Waals surface area (Å²) >= 11 is 5.69. The number of hydrogen-bond donors (Lipinski definition) is 2. The summed E-state index contributed by atoms with van der Waals surface area (Å²) < 4.78 is 26.4. The van der Waals surface area contributed by atoms with Gasteiger partial charge in [0.05, 0.1) is 10.7 Å². The molecule has 0 saturated carbocycles. The number of benzene rings is 1. The van der Waals surface area contributed by atoms with Crippen LogP contribution in [-0.2, 0) is 0 Å². The Balaban J connectivity index is 2.08.